The second kappa shape index (κ2) is 6.81. The van der Waals surface area contributed by atoms with Gasteiger partial charge in [-0.15, -0.1) is 11.8 Å². The fraction of sp³-hybridized carbons (Fsp3) is 0.400. The van der Waals surface area contributed by atoms with Crippen LogP contribution in [-0.2, 0) is 4.57 Å². The molecular weight excluding hydrogens is 325 g/mol. The summed E-state index contributed by atoms with van der Waals surface area (Å²) in [4.78, 5) is 18.4. The Balaban J connectivity index is 2.31. The number of halogens is 1. The van der Waals surface area contributed by atoms with E-state index < -0.39 is 7.60 Å². The molecule has 0 aliphatic rings. The summed E-state index contributed by atoms with van der Waals surface area (Å²) in [5.74, 6) is 0.806. The van der Waals surface area contributed by atoms with Crippen LogP contribution in [-0.4, -0.2) is 21.7 Å². The van der Waals surface area contributed by atoms with Gasteiger partial charge >= 0.3 is 7.60 Å². The molecule has 0 aromatic heterocycles. The molecule has 1 aromatic rings. The van der Waals surface area contributed by atoms with Gasteiger partial charge in [-0.1, -0.05) is 15.9 Å². The molecule has 96 valence electrons. The van der Waals surface area contributed by atoms with Gasteiger partial charge in [-0.3, -0.25) is 4.57 Å². The Morgan fingerprint density at radius 1 is 1.35 bits per heavy atom. The van der Waals surface area contributed by atoms with Gasteiger partial charge in [0, 0.05) is 21.2 Å². The van der Waals surface area contributed by atoms with Gasteiger partial charge in [-0.25, -0.2) is 0 Å². The molecule has 1 rings (SSSR count). The maximum atomic E-state index is 10.6. The van der Waals surface area contributed by atoms with Crippen LogP contribution < -0.4 is 5.73 Å². The fourth-order valence-corrected chi connectivity index (χ4v) is 3.40. The SMILES string of the molecule is Nc1ccc(Br)cc1SCCCCP(=O)(O)O. The third-order valence-electron chi connectivity index (χ3n) is 2.08. The molecule has 0 aliphatic carbocycles. The van der Waals surface area contributed by atoms with Crippen molar-refractivity contribution in [3.05, 3.63) is 22.7 Å². The molecule has 4 N–H and O–H groups in total. The summed E-state index contributed by atoms with van der Waals surface area (Å²) in [6.45, 7) is 0. The average Bonchev–Trinajstić information content (AvgIpc) is 2.21. The number of rotatable bonds is 6. The van der Waals surface area contributed by atoms with E-state index in [0.717, 1.165) is 27.2 Å². The number of hydrogen-bond donors (Lipinski definition) is 3. The molecule has 0 saturated heterocycles. The van der Waals surface area contributed by atoms with E-state index in [9.17, 15) is 4.57 Å². The smallest absolute Gasteiger partial charge is 0.325 e. The molecule has 17 heavy (non-hydrogen) atoms. The van der Waals surface area contributed by atoms with Gasteiger partial charge in [-0.05, 0) is 36.8 Å². The molecule has 0 spiro atoms. The lowest BCUT2D eigenvalue weighted by molar-refractivity contribution is 0.371. The van der Waals surface area contributed by atoms with E-state index in [1.54, 1.807) is 11.8 Å². The van der Waals surface area contributed by atoms with Crippen molar-refractivity contribution >= 4 is 41.0 Å². The third-order valence-corrected chi connectivity index (χ3v) is 4.63. The number of nitrogens with two attached hydrogens (primary N) is 1. The van der Waals surface area contributed by atoms with Gasteiger partial charge in [0.1, 0.15) is 0 Å². The van der Waals surface area contributed by atoms with E-state index in [4.69, 9.17) is 15.5 Å². The Morgan fingerprint density at radius 3 is 2.71 bits per heavy atom. The van der Waals surface area contributed by atoms with Crippen molar-refractivity contribution in [3.8, 4) is 0 Å². The summed E-state index contributed by atoms with van der Waals surface area (Å²) in [6, 6.07) is 5.66. The van der Waals surface area contributed by atoms with Crippen LogP contribution in [0.2, 0.25) is 0 Å². The molecule has 0 atom stereocenters. The Bertz CT molecular complexity index is 424. The summed E-state index contributed by atoms with van der Waals surface area (Å²) in [7, 11) is -3.84. The number of hydrogen-bond acceptors (Lipinski definition) is 3. The van der Waals surface area contributed by atoms with Crippen LogP contribution >= 0.6 is 35.3 Å². The first kappa shape index (κ1) is 15.1. The Morgan fingerprint density at radius 2 is 2.06 bits per heavy atom. The minimum Gasteiger partial charge on any atom is -0.398 e. The molecule has 0 bridgehead atoms. The lowest BCUT2D eigenvalue weighted by atomic mass is 10.3. The Kier molecular flexibility index (Phi) is 6.03. The van der Waals surface area contributed by atoms with E-state index in [1.165, 1.54) is 0 Å². The molecule has 0 amide bonds. The van der Waals surface area contributed by atoms with Crippen molar-refractivity contribution in [2.45, 2.75) is 17.7 Å². The first-order chi connectivity index (χ1) is 7.88. The van der Waals surface area contributed by atoms with Crippen LogP contribution in [0.4, 0.5) is 5.69 Å². The first-order valence-electron chi connectivity index (χ1n) is 5.11. The summed E-state index contributed by atoms with van der Waals surface area (Å²) in [5.41, 5.74) is 6.54. The minimum atomic E-state index is -3.84. The fourth-order valence-electron chi connectivity index (χ4n) is 1.24. The second-order valence-electron chi connectivity index (χ2n) is 3.63. The summed E-state index contributed by atoms with van der Waals surface area (Å²) in [6.07, 6.45) is 1.26. The molecule has 7 heteroatoms. The van der Waals surface area contributed by atoms with Gasteiger partial charge in [-0.2, -0.15) is 0 Å². The van der Waals surface area contributed by atoms with Crippen LogP contribution in [0.5, 0.6) is 0 Å². The zero-order valence-corrected chi connectivity index (χ0v) is 12.5. The normalized spacial score (nSPS) is 11.7. The van der Waals surface area contributed by atoms with Crippen molar-refractivity contribution in [1.29, 1.82) is 0 Å². The van der Waals surface area contributed by atoms with Gasteiger partial charge in [0.25, 0.3) is 0 Å². The molecule has 4 nitrogen and oxygen atoms in total. The van der Waals surface area contributed by atoms with Gasteiger partial charge in [0.2, 0.25) is 0 Å². The summed E-state index contributed by atoms with van der Waals surface area (Å²) < 4.78 is 11.6. The number of unbranched alkanes of at least 4 members (excludes halogenated alkanes) is 1. The van der Waals surface area contributed by atoms with Crippen molar-refractivity contribution in [2.24, 2.45) is 0 Å². The average molecular weight is 340 g/mol. The Labute approximate surface area is 113 Å². The Hall–Kier alpha value is -0.000000000000000153. The largest absolute Gasteiger partial charge is 0.398 e. The van der Waals surface area contributed by atoms with Gasteiger partial charge in [0.15, 0.2) is 0 Å². The number of benzene rings is 1. The molecule has 0 aliphatic heterocycles. The lowest BCUT2D eigenvalue weighted by Gasteiger charge is -2.06. The number of nitrogen functional groups attached to an aromatic ring is 1. The van der Waals surface area contributed by atoms with Crippen LogP contribution in [0.25, 0.3) is 0 Å². The van der Waals surface area contributed by atoms with Crippen molar-refractivity contribution in [2.75, 3.05) is 17.6 Å². The predicted octanol–water partition coefficient (Wildman–Crippen LogP) is 3.08. The van der Waals surface area contributed by atoms with E-state index >= 15 is 0 Å². The van der Waals surface area contributed by atoms with E-state index in [-0.39, 0.29) is 6.16 Å². The van der Waals surface area contributed by atoms with Crippen molar-refractivity contribution in [1.82, 2.24) is 0 Å². The standard InChI is InChI=1S/C10H15BrNO3PS/c11-8-3-4-9(12)10(7-8)17-6-2-1-5-16(13,14)15/h3-4,7H,1-2,5-6,12H2,(H2,13,14,15). The number of anilines is 1. The van der Waals surface area contributed by atoms with Gasteiger partial charge in [0.05, 0.1) is 0 Å². The zero-order chi connectivity index (χ0) is 12.9. The molecule has 0 radical (unpaired) electrons. The highest BCUT2D eigenvalue weighted by molar-refractivity contribution is 9.10. The monoisotopic (exact) mass is 339 g/mol. The molecular formula is C10H15BrNO3PS. The predicted molar refractivity (Wildman–Crippen MR) is 75.4 cm³/mol. The van der Waals surface area contributed by atoms with Crippen molar-refractivity contribution < 1.29 is 14.4 Å². The quantitative estimate of drug-likeness (QED) is 0.321. The van der Waals surface area contributed by atoms with E-state index in [0.29, 0.717) is 6.42 Å². The highest BCUT2D eigenvalue weighted by atomic mass is 79.9. The zero-order valence-electron chi connectivity index (χ0n) is 9.17. The maximum absolute atomic E-state index is 10.6. The minimum absolute atomic E-state index is 0.0402. The first-order valence-corrected chi connectivity index (χ1v) is 8.68. The van der Waals surface area contributed by atoms with Gasteiger partial charge < -0.3 is 15.5 Å². The summed E-state index contributed by atoms with van der Waals surface area (Å²) in [5, 5.41) is 0. The van der Waals surface area contributed by atoms with E-state index in [2.05, 4.69) is 15.9 Å². The van der Waals surface area contributed by atoms with Crippen LogP contribution in [0.15, 0.2) is 27.6 Å². The van der Waals surface area contributed by atoms with Crippen LogP contribution in [0, 0.1) is 0 Å². The van der Waals surface area contributed by atoms with Crippen molar-refractivity contribution in [3.63, 3.8) is 0 Å². The molecule has 0 saturated carbocycles. The highest BCUT2D eigenvalue weighted by Crippen LogP contribution is 2.36. The summed E-state index contributed by atoms with van der Waals surface area (Å²) >= 11 is 4.98. The maximum Gasteiger partial charge on any atom is 0.325 e. The van der Waals surface area contributed by atoms with Crippen LogP contribution in [0.3, 0.4) is 0 Å². The third kappa shape index (κ3) is 6.48. The molecule has 0 fully saturated rings. The number of thioether (sulfide) groups is 1. The highest BCUT2D eigenvalue weighted by Gasteiger charge is 2.11. The molecule has 1 aromatic carbocycles. The second-order valence-corrected chi connectivity index (χ2v) is 7.46. The molecule has 0 heterocycles. The topological polar surface area (TPSA) is 83.6 Å². The lowest BCUT2D eigenvalue weighted by Crippen LogP contribution is -1.92. The molecule has 0 unspecified atom stereocenters. The van der Waals surface area contributed by atoms with E-state index in [1.807, 2.05) is 18.2 Å². The van der Waals surface area contributed by atoms with Crippen LogP contribution in [0.1, 0.15) is 12.8 Å².